The smallest absolute Gasteiger partial charge is 0.164 e. The molecule has 3 aromatic heterocycles. The minimum absolute atomic E-state index is 0.591. The highest BCUT2D eigenvalue weighted by Crippen LogP contribution is 2.38. The fourth-order valence-corrected chi connectivity index (χ4v) is 6.73. The van der Waals surface area contributed by atoms with Crippen LogP contribution in [-0.4, -0.2) is 15.0 Å². The van der Waals surface area contributed by atoms with Crippen molar-refractivity contribution in [2.75, 3.05) is 0 Å². The van der Waals surface area contributed by atoms with Crippen molar-refractivity contribution >= 4 is 65.4 Å². The number of aromatic nitrogens is 3. The average Bonchev–Trinajstić information content (AvgIpc) is 3.67. The molecular weight excluding hydrogens is 566 g/mol. The van der Waals surface area contributed by atoms with Crippen LogP contribution in [0.3, 0.4) is 0 Å². The van der Waals surface area contributed by atoms with E-state index < -0.39 is 0 Å². The summed E-state index contributed by atoms with van der Waals surface area (Å²) in [4.78, 5) is 15.4. The minimum atomic E-state index is 0.591. The third-order valence-corrected chi connectivity index (χ3v) is 8.91. The van der Waals surface area contributed by atoms with Gasteiger partial charge in [-0.05, 0) is 64.0 Å². The van der Waals surface area contributed by atoms with Crippen molar-refractivity contribution in [3.05, 3.63) is 140 Å². The van der Waals surface area contributed by atoms with E-state index in [0.29, 0.717) is 17.5 Å². The first-order valence-electron chi connectivity index (χ1n) is 15.3. The standard InChI is InChI=1S/C41H23N3O2/c1-2-11-26-23-37-33(21-25(26)10-1)32-22-27(19-20-35(32)46-37)39-42-40(29-15-7-12-24-9-3-4-13-28(24)29)44-41(43-39)31-16-8-18-36-38(31)30-14-5-6-17-34(30)45-36/h1-23H. The number of hydrogen-bond donors (Lipinski definition) is 0. The highest BCUT2D eigenvalue weighted by atomic mass is 16.3. The maximum atomic E-state index is 6.30. The summed E-state index contributed by atoms with van der Waals surface area (Å²) in [5.41, 5.74) is 6.05. The molecule has 214 valence electrons. The van der Waals surface area contributed by atoms with Crippen molar-refractivity contribution in [2.24, 2.45) is 0 Å². The van der Waals surface area contributed by atoms with E-state index in [2.05, 4.69) is 91.0 Å². The second-order valence-electron chi connectivity index (χ2n) is 11.6. The van der Waals surface area contributed by atoms with E-state index in [1.807, 2.05) is 48.5 Å². The van der Waals surface area contributed by atoms with Gasteiger partial charge < -0.3 is 8.83 Å². The molecular formula is C41H23N3O2. The Kier molecular flexibility index (Phi) is 5.22. The molecule has 0 unspecified atom stereocenters. The van der Waals surface area contributed by atoms with Crippen LogP contribution >= 0.6 is 0 Å². The van der Waals surface area contributed by atoms with Crippen LogP contribution in [0.25, 0.3) is 99.6 Å². The van der Waals surface area contributed by atoms with Crippen LogP contribution in [0.4, 0.5) is 0 Å². The largest absolute Gasteiger partial charge is 0.456 e. The second-order valence-corrected chi connectivity index (χ2v) is 11.6. The topological polar surface area (TPSA) is 65.0 Å². The SMILES string of the molecule is c1ccc2cc3c(cc2c1)oc1ccc(-c2nc(-c4cccc5ccccc45)nc(-c4cccc5oc6ccccc6c45)n2)cc13. The van der Waals surface area contributed by atoms with Crippen molar-refractivity contribution in [1.29, 1.82) is 0 Å². The van der Waals surface area contributed by atoms with E-state index in [1.165, 1.54) is 5.39 Å². The number of rotatable bonds is 3. The fourth-order valence-electron chi connectivity index (χ4n) is 6.73. The molecule has 10 aromatic rings. The lowest BCUT2D eigenvalue weighted by Crippen LogP contribution is -2.00. The van der Waals surface area contributed by atoms with Gasteiger partial charge in [-0.3, -0.25) is 0 Å². The highest BCUT2D eigenvalue weighted by Gasteiger charge is 2.19. The Morgan fingerprint density at radius 2 is 0.935 bits per heavy atom. The summed E-state index contributed by atoms with van der Waals surface area (Å²) in [7, 11) is 0. The predicted octanol–water partition coefficient (Wildman–Crippen LogP) is 11.0. The molecule has 0 spiro atoms. The van der Waals surface area contributed by atoms with E-state index in [-0.39, 0.29) is 0 Å². The molecule has 0 saturated heterocycles. The number of benzene rings is 7. The monoisotopic (exact) mass is 589 g/mol. The van der Waals surface area contributed by atoms with E-state index >= 15 is 0 Å². The summed E-state index contributed by atoms with van der Waals surface area (Å²) in [6, 6.07) is 47.6. The number of para-hydroxylation sites is 1. The van der Waals surface area contributed by atoms with Gasteiger partial charge in [0.1, 0.15) is 22.3 Å². The van der Waals surface area contributed by atoms with Crippen LogP contribution < -0.4 is 0 Å². The molecule has 5 nitrogen and oxygen atoms in total. The molecule has 3 heterocycles. The summed E-state index contributed by atoms with van der Waals surface area (Å²) < 4.78 is 12.5. The molecule has 0 radical (unpaired) electrons. The van der Waals surface area contributed by atoms with Crippen LogP contribution in [0, 0.1) is 0 Å². The first kappa shape index (κ1) is 25.0. The second kappa shape index (κ2) is 9.58. The molecule has 5 heteroatoms. The predicted molar refractivity (Wildman–Crippen MR) is 186 cm³/mol. The minimum Gasteiger partial charge on any atom is -0.456 e. The first-order chi connectivity index (χ1) is 22.8. The van der Waals surface area contributed by atoms with E-state index in [9.17, 15) is 0 Å². The van der Waals surface area contributed by atoms with E-state index in [0.717, 1.165) is 76.7 Å². The van der Waals surface area contributed by atoms with Crippen molar-refractivity contribution in [3.63, 3.8) is 0 Å². The van der Waals surface area contributed by atoms with Crippen molar-refractivity contribution in [2.45, 2.75) is 0 Å². The summed E-state index contributed by atoms with van der Waals surface area (Å²) in [5, 5.41) is 8.64. The summed E-state index contributed by atoms with van der Waals surface area (Å²) in [6.07, 6.45) is 0. The van der Waals surface area contributed by atoms with Gasteiger partial charge in [-0.2, -0.15) is 0 Å². The summed E-state index contributed by atoms with van der Waals surface area (Å²) in [5.74, 6) is 1.80. The van der Waals surface area contributed by atoms with Gasteiger partial charge in [0.05, 0.1) is 0 Å². The van der Waals surface area contributed by atoms with Gasteiger partial charge in [-0.1, -0.05) is 97.1 Å². The van der Waals surface area contributed by atoms with Gasteiger partial charge in [0, 0.05) is 38.2 Å². The fraction of sp³-hybridized carbons (Fsp3) is 0. The lowest BCUT2D eigenvalue weighted by Gasteiger charge is -2.11. The highest BCUT2D eigenvalue weighted by molar-refractivity contribution is 6.12. The Morgan fingerprint density at radius 3 is 1.83 bits per heavy atom. The van der Waals surface area contributed by atoms with Gasteiger partial charge in [0.25, 0.3) is 0 Å². The average molecular weight is 590 g/mol. The molecule has 0 atom stereocenters. The van der Waals surface area contributed by atoms with Gasteiger partial charge in [-0.25, -0.2) is 15.0 Å². The number of furan rings is 2. The summed E-state index contributed by atoms with van der Waals surface area (Å²) in [6.45, 7) is 0. The van der Waals surface area contributed by atoms with Crippen molar-refractivity contribution < 1.29 is 8.83 Å². The van der Waals surface area contributed by atoms with E-state index in [4.69, 9.17) is 23.8 Å². The Balaban J connectivity index is 1.25. The van der Waals surface area contributed by atoms with Gasteiger partial charge >= 0.3 is 0 Å². The molecule has 0 aliphatic heterocycles. The molecule has 0 aliphatic rings. The first-order valence-corrected chi connectivity index (χ1v) is 15.3. The lowest BCUT2D eigenvalue weighted by molar-refractivity contribution is 0.668. The number of nitrogens with zero attached hydrogens (tertiary/aromatic N) is 3. The molecule has 0 N–H and O–H groups in total. The van der Waals surface area contributed by atoms with Crippen LogP contribution in [0.1, 0.15) is 0 Å². The lowest BCUT2D eigenvalue weighted by atomic mass is 10.0. The van der Waals surface area contributed by atoms with Gasteiger partial charge in [-0.15, -0.1) is 0 Å². The maximum absolute atomic E-state index is 6.30. The Bertz CT molecular complexity index is 2820. The molecule has 46 heavy (non-hydrogen) atoms. The van der Waals surface area contributed by atoms with Crippen LogP contribution in [0.15, 0.2) is 148 Å². The molecule has 7 aromatic carbocycles. The molecule has 10 rings (SSSR count). The van der Waals surface area contributed by atoms with Crippen LogP contribution in [-0.2, 0) is 0 Å². The molecule has 0 bridgehead atoms. The Morgan fingerprint density at radius 1 is 0.348 bits per heavy atom. The van der Waals surface area contributed by atoms with Crippen molar-refractivity contribution in [1.82, 2.24) is 15.0 Å². The van der Waals surface area contributed by atoms with Crippen LogP contribution in [0.5, 0.6) is 0 Å². The zero-order valence-electron chi connectivity index (χ0n) is 24.4. The normalized spacial score (nSPS) is 11.9. The maximum Gasteiger partial charge on any atom is 0.164 e. The van der Waals surface area contributed by atoms with Crippen molar-refractivity contribution in [3.8, 4) is 34.2 Å². The van der Waals surface area contributed by atoms with E-state index in [1.54, 1.807) is 0 Å². The Hall–Kier alpha value is -6.33. The third-order valence-electron chi connectivity index (χ3n) is 8.91. The van der Waals surface area contributed by atoms with Gasteiger partial charge in [0.15, 0.2) is 17.5 Å². The number of fused-ring (bicyclic) bond motifs is 8. The third kappa shape index (κ3) is 3.79. The quantitative estimate of drug-likeness (QED) is 0.205. The van der Waals surface area contributed by atoms with Crippen LogP contribution in [0.2, 0.25) is 0 Å². The Labute approximate surface area is 262 Å². The number of hydrogen-bond acceptors (Lipinski definition) is 5. The summed E-state index contributed by atoms with van der Waals surface area (Å²) >= 11 is 0. The molecule has 0 aliphatic carbocycles. The zero-order chi connectivity index (χ0) is 30.2. The zero-order valence-corrected chi connectivity index (χ0v) is 24.4. The van der Waals surface area contributed by atoms with Gasteiger partial charge in [0.2, 0.25) is 0 Å². The molecule has 0 amide bonds. The molecule has 0 saturated carbocycles. The molecule has 0 fully saturated rings.